The number of carbonyl (C=O) groups excluding carboxylic acids is 1. The summed E-state index contributed by atoms with van der Waals surface area (Å²) in [6, 6.07) is 19.8. The van der Waals surface area contributed by atoms with Gasteiger partial charge in [-0.3, -0.25) is 4.79 Å². The number of benzene rings is 2. The summed E-state index contributed by atoms with van der Waals surface area (Å²) in [7, 11) is 0. The average Bonchev–Trinajstić information content (AvgIpc) is 3.16. The lowest BCUT2D eigenvalue weighted by Gasteiger charge is -2.08. The Morgan fingerprint density at radius 1 is 1.04 bits per heavy atom. The summed E-state index contributed by atoms with van der Waals surface area (Å²) < 4.78 is 7.60. The lowest BCUT2D eigenvalue weighted by atomic mass is 10.1. The summed E-state index contributed by atoms with van der Waals surface area (Å²) in [6.07, 6.45) is 6.33. The Morgan fingerprint density at radius 2 is 1.75 bits per heavy atom. The molecule has 0 aliphatic carbocycles. The summed E-state index contributed by atoms with van der Waals surface area (Å²) in [5.74, 6) is 0.0490. The van der Waals surface area contributed by atoms with E-state index in [2.05, 4.69) is 36.4 Å². The molecular weight excluding hydrogens is 346 g/mol. The lowest BCUT2D eigenvalue weighted by Crippen LogP contribution is -2.09. The van der Waals surface area contributed by atoms with E-state index in [1.807, 2.05) is 67.9 Å². The fourth-order valence-corrected chi connectivity index (χ4v) is 2.92. The Morgan fingerprint density at radius 3 is 2.43 bits per heavy atom. The second kappa shape index (κ2) is 9.34. The SMILES string of the molecule is Cc1ccc(C(=O)c2cccn2CC=Cc2ccc(COC(C)C)cc2)cc1. The molecule has 0 atom stereocenters. The van der Waals surface area contributed by atoms with Crippen molar-refractivity contribution in [2.24, 2.45) is 0 Å². The Balaban J connectivity index is 1.63. The fourth-order valence-electron chi connectivity index (χ4n) is 2.92. The molecule has 28 heavy (non-hydrogen) atoms. The number of aryl methyl sites for hydroxylation is 1. The van der Waals surface area contributed by atoms with Crippen LogP contribution in [0.25, 0.3) is 6.08 Å². The maximum Gasteiger partial charge on any atom is 0.209 e. The Hall–Kier alpha value is -2.91. The van der Waals surface area contributed by atoms with Crippen molar-refractivity contribution < 1.29 is 9.53 Å². The van der Waals surface area contributed by atoms with Crippen LogP contribution in [0.2, 0.25) is 0 Å². The van der Waals surface area contributed by atoms with Crippen LogP contribution in [0.15, 0.2) is 72.9 Å². The number of ether oxygens (including phenoxy) is 1. The number of ketones is 1. The van der Waals surface area contributed by atoms with Crippen molar-refractivity contribution in [2.75, 3.05) is 0 Å². The van der Waals surface area contributed by atoms with E-state index in [1.54, 1.807) is 0 Å². The summed E-state index contributed by atoms with van der Waals surface area (Å²) in [5, 5.41) is 0. The van der Waals surface area contributed by atoms with Crippen LogP contribution in [0.1, 0.15) is 46.6 Å². The quantitative estimate of drug-likeness (QED) is 0.477. The third-order valence-electron chi connectivity index (χ3n) is 4.55. The highest BCUT2D eigenvalue weighted by molar-refractivity contribution is 6.08. The van der Waals surface area contributed by atoms with Crippen molar-refractivity contribution in [2.45, 2.75) is 40.0 Å². The second-order valence-corrected chi connectivity index (χ2v) is 7.24. The molecule has 0 aliphatic heterocycles. The summed E-state index contributed by atoms with van der Waals surface area (Å²) in [5.41, 5.74) is 4.87. The second-order valence-electron chi connectivity index (χ2n) is 7.24. The van der Waals surface area contributed by atoms with Gasteiger partial charge in [0, 0.05) is 18.3 Å². The van der Waals surface area contributed by atoms with Gasteiger partial charge in [-0.1, -0.05) is 66.2 Å². The highest BCUT2D eigenvalue weighted by Gasteiger charge is 2.12. The van der Waals surface area contributed by atoms with Crippen LogP contribution >= 0.6 is 0 Å². The molecule has 0 spiro atoms. The van der Waals surface area contributed by atoms with Crippen LogP contribution in [0, 0.1) is 6.92 Å². The number of aromatic nitrogens is 1. The van der Waals surface area contributed by atoms with Crippen molar-refractivity contribution >= 4 is 11.9 Å². The first-order valence-electron chi connectivity index (χ1n) is 9.66. The van der Waals surface area contributed by atoms with Crippen molar-refractivity contribution in [3.05, 3.63) is 101 Å². The van der Waals surface area contributed by atoms with Gasteiger partial charge in [-0.05, 0) is 44.0 Å². The van der Waals surface area contributed by atoms with Gasteiger partial charge >= 0.3 is 0 Å². The minimum absolute atomic E-state index is 0.0490. The molecule has 0 bridgehead atoms. The van der Waals surface area contributed by atoms with Gasteiger partial charge in [0.1, 0.15) is 0 Å². The van der Waals surface area contributed by atoms with E-state index in [-0.39, 0.29) is 11.9 Å². The van der Waals surface area contributed by atoms with Gasteiger partial charge < -0.3 is 9.30 Å². The molecule has 0 amide bonds. The zero-order chi connectivity index (χ0) is 19.9. The molecular formula is C25H27NO2. The smallest absolute Gasteiger partial charge is 0.209 e. The monoisotopic (exact) mass is 373 g/mol. The van der Waals surface area contributed by atoms with Crippen molar-refractivity contribution in [3.8, 4) is 0 Å². The minimum atomic E-state index is 0.0490. The van der Waals surface area contributed by atoms with E-state index in [1.165, 1.54) is 5.56 Å². The fraction of sp³-hybridized carbons (Fsp3) is 0.240. The van der Waals surface area contributed by atoms with E-state index >= 15 is 0 Å². The van der Waals surface area contributed by atoms with Gasteiger partial charge in [0.15, 0.2) is 0 Å². The van der Waals surface area contributed by atoms with Crippen LogP contribution in [0.5, 0.6) is 0 Å². The molecule has 0 aliphatic rings. The van der Waals surface area contributed by atoms with E-state index < -0.39 is 0 Å². The van der Waals surface area contributed by atoms with Gasteiger partial charge in [-0.2, -0.15) is 0 Å². The molecule has 0 fully saturated rings. The maximum absolute atomic E-state index is 12.8. The van der Waals surface area contributed by atoms with E-state index in [9.17, 15) is 4.79 Å². The predicted octanol–water partition coefficient (Wildman–Crippen LogP) is 5.67. The average molecular weight is 373 g/mol. The lowest BCUT2D eigenvalue weighted by molar-refractivity contribution is 0.0657. The van der Waals surface area contributed by atoms with Crippen LogP contribution in [0.4, 0.5) is 0 Å². The molecule has 0 saturated carbocycles. The molecule has 0 radical (unpaired) electrons. The number of allylic oxidation sites excluding steroid dienone is 1. The minimum Gasteiger partial charge on any atom is -0.374 e. The molecule has 144 valence electrons. The van der Waals surface area contributed by atoms with Crippen LogP contribution in [-0.2, 0) is 17.9 Å². The summed E-state index contributed by atoms with van der Waals surface area (Å²) >= 11 is 0. The van der Waals surface area contributed by atoms with Gasteiger partial charge in [0.2, 0.25) is 5.78 Å². The van der Waals surface area contributed by atoms with Gasteiger partial charge in [-0.25, -0.2) is 0 Å². The first kappa shape index (κ1) is 19.8. The summed E-state index contributed by atoms with van der Waals surface area (Å²) in [4.78, 5) is 12.8. The van der Waals surface area contributed by atoms with Crippen molar-refractivity contribution in [3.63, 3.8) is 0 Å². The molecule has 3 aromatic rings. The topological polar surface area (TPSA) is 31.2 Å². The molecule has 1 aromatic heterocycles. The number of hydrogen-bond donors (Lipinski definition) is 0. The molecule has 1 heterocycles. The normalized spacial score (nSPS) is 11.4. The van der Waals surface area contributed by atoms with E-state index in [4.69, 9.17) is 4.74 Å². The Labute approximate surface area is 167 Å². The van der Waals surface area contributed by atoms with E-state index in [0.717, 1.165) is 11.1 Å². The Kier molecular flexibility index (Phi) is 6.62. The van der Waals surface area contributed by atoms with Crippen LogP contribution < -0.4 is 0 Å². The first-order chi connectivity index (χ1) is 13.5. The zero-order valence-electron chi connectivity index (χ0n) is 16.8. The molecule has 0 unspecified atom stereocenters. The first-order valence-corrected chi connectivity index (χ1v) is 9.66. The summed E-state index contributed by atoms with van der Waals surface area (Å²) in [6.45, 7) is 7.38. The van der Waals surface area contributed by atoms with Crippen LogP contribution in [-0.4, -0.2) is 16.5 Å². The molecule has 2 aromatic carbocycles. The molecule has 0 N–H and O–H groups in total. The third kappa shape index (κ3) is 5.30. The van der Waals surface area contributed by atoms with Gasteiger partial charge in [0.05, 0.1) is 18.4 Å². The maximum atomic E-state index is 12.8. The van der Waals surface area contributed by atoms with Crippen molar-refractivity contribution in [1.82, 2.24) is 4.57 Å². The van der Waals surface area contributed by atoms with Crippen molar-refractivity contribution in [1.29, 1.82) is 0 Å². The predicted molar refractivity (Wildman–Crippen MR) is 114 cm³/mol. The molecule has 3 heteroatoms. The largest absolute Gasteiger partial charge is 0.374 e. The van der Waals surface area contributed by atoms with Crippen LogP contribution in [0.3, 0.4) is 0 Å². The number of carbonyl (C=O) groups is 1. The molecule has 3 rings (SSSR count). The third-order valence-corrected chi connectivity index (χ3v) is 4.55. The highest BCUT2D eigenvalue weighted by atomic mass is 16.5. The van der Waals surface area contributed by atoms with Gasteiger partial charge in [0.25, 0.3) is 0 Å². The number of nitrogens with zero attached hydrogens (tertiary/aromatic N) is 1. The number of hydrogen-bond acceptors (Lipinski definition) is 2. The molecule has 0 saturated heterocycles. The molecule has 3 nitrogen and oxygen atoms in total. The Bertz CT molecular complexity index is 931. The highest BCUT2D eigenvalue weighted by Crippen LogP contribution is 2.13. The van der Waals surface area contributed by atoms with Gasteiger partial charge in [-0.15, -0.1) is 0 Å². The number of rotatable bonds is 8. The standard InChI is InChI=1S/C25H27NO2/c1-19(2)28-18-22-12-10-21(11-13-22)6-4-16-26-17-5-7-24(26)25(27)23-14-8-20(3)9-15-23/h4-15,17,19H,16,18H2,1-3H3. The van der Waals surface area contributed by atoms with E-state index in [0.29, 0.717) is 24.4 Å². The zero-order valence-corrected chi connectivity index (χ0v) is 16.8.